The zero-order valence-corrected chi connectivity index (χ0v) is 20.7. The molecule has 2 heterocycles. The van der Waals surface area contributed by atoms with Crippen LogP contribution in [0.3, 0.4) is 0 Å². The lowest BCUT2D eigenvalue weighted by atomic mass is 9.82. The van der Waals surface area contributed by atoms with Gasteiger partial charge in [0.2, 0.25) is 15.9 Å². The van der Waals surface area contributed by atoms with Crippen LogP contribution in [0.5, 0.6) is 0 Å². The van der Waals surface area contributed by atoms with E-state index in [9.17, 15) is 13.2 Å². The normalized spacial score (nSPS) is 23.0. The van der Waals surface area contributed by atoms with Crippen LogP contribution in [0.15, 0.2) is 47.4 Å². The highest BCUT2D eigenvalue weighted by Crippen LogP contribution is 2.34. The molecule has 2 aromatic carbocycles. The van der Waals surface area contributed by atoms with Gasteiger partial charge in [0.1, 0.15) is 0 Å². The molecule has 0 saturated carbocycles. The first-order chi connectivity index (χ1) is 17.0. The molecule has 1 amide bonds. The second-order valence-corrected chi connectivity index (χ2v) is 11.3. The van der Waals surface area contributed by atoms with E-state index in [2.05, 4.69) is 16.7 Å². The number of carbonyl (C=O) groups is 1. The van der Waals surface area contributed by atoms with Crippen molar-refractivity contribution in [2.75, 3.05) is 50.1 Å². The Balaban J connectivity index is 1.42. The molecule has 1 aliphatic carbocycles. The quantitative estimate of drug-likeness (QED) is 0.607. The summed E-state index contributed by atoms with van der Waals surface area (Å²) in [4.78, 5) is 13.6. The van der Waals surface area contributed by atoms with Crippen LogP contribution in [-0.4, -0.2) is 64.2 Å². The summed E-state index contributed by atoms with van der Waals surface area (Å²) in [5.74, 6) is -0.372. The Morgan fingerprint density at radius 2 is 1.83 bits per heavy atom. The summed E-state index contributed by atoms with van der Waals surface area (Å²) in [5, 5.41) is 6.43. The number of aryl methyl sites for hydroxylation is 1. The molecular weight excluding hydrogens is 466 g/mol. The second-order valence-electron chi connectivity index (χ2n) is 9.37. The standard InChI is InChI=1S/C26H33N3O5S/c30-26(23-9-3-6-19-5-1-2-8-22(19)23)28-25-17-21(35(31,32)29-12-15-33-16-13-29)10-11-24(25)27-18-20-7-4-14-34-20/h1-2,5,8,10-11,17,20,23,27H,3-4,6-7,9,12-16,18H2,(H,28,30). The van der Waals surface area contributed by atoms with Gasteiger partial charge in [-0.3, -0.25) is 4.79 Å². The fourth-order valence-electron chi connectivity index (χ4n) is 5.15. The third-order valence-corrected chi connectivity index (χ3v) is 8.98. The summed E-state index contributed by atoms with van der Waals surface area (Å²) in [5.41, 5.74) is 3.44. The minimum absolute atomic E-state index is 0.112. The second kappa shape index (κ2) is 10.7. The van der Waals surface area contributed by atoms with Crippen molar-refractivity contribution in [1.29, 1.82) is 0 Å². The van der Waals surface area contributed by atoms with E-state index in [1.807, 2.05) is 18.2 Å². The van der Waals surface area contributed by atoms with E-state index in [1.165, 1.54) is 9.87 Å². The van der Waals surface area contributed by atoms with Gasteiger partial charge in [-0.1, -0.05) is 24.3 Å². The molecule has 188 valence electrons. The number of ether oxygens (including phenoxy) is 2. The SMILES string of the molecule is O=C(Nc1cc(S(=O)(=O)N2CCOCC2)ccc1NCC1CCCO1)C1CCCc2ccccc21. The number of hydrogen-bond acceptors (Lipinski definition) is 6. The first-order valence-corrected chi connectivity index (χ1v) is 13.9. The number of benzene rings is 2. The number of hydrogen-bond donors (Lipinski definition) is 2. The lowest BCUT2D eigenvalue weighted by molar-refractivity contribution is -0.117. The van der Waals surface area contributed by atoms with E-state index in [0.29, 0.717) is 44.2 Å². The van der Waals surface area contributed by atoms with Gasteiger partial charge in [-0.2, -0.15) is 4.31 Å². The monoisotopic (exact) mass is 499 g/mol. The van der Waals surface area contributed by atoms with Gasteiger partial charge in [-0.25, -0.2) is 8.42 Å². The molecule has 2 aromatic rings. The fraction of sp³-hybridized carbons (Fsp3) is 0.500. The average Bonchev–Trinajstić information content (AvgIpc) is 3.42. The Morgan fingerprint density at radius 1 is 1.00 bits per heavy atom. The van der Waals surface area contributed by atoms with Gasteiger partial charge >= 0.3 is 0 Å². The van der Waals surface area contributed by atoms with Crippen molar-refractivity contribution in [2.24, 2.45) is 0 Å². The largest absolute Gasteiger partial charge is 0.381 e. The van der Waals surface area contributed by atoms with E-state index in [4.69, 9.17) is 9.47 Å². The molecule has 8 nitrogen and oxygen atoms in total. The molecule has 35 heavy (non-hydrogen) atoms. The smallest absolute Gasteiger partial charge is 0.243 e. The number of rotatable bonds is 7. The van der Waals surface area contributed by atoms with Gasteiger partial charge in [0.25, 0.3) is 0 Å². The third-order valence-electron chi connectivity index (χ3n) is 7.09. The van der Waals surface area contributed by atoms with Crippen LogP contribution in [0.4, 0.5) is 11.4 Å². The highest BCUT2D eigenvalue weighted by molar-refractivity contribution is 7.89. The lowest BCUT2D eigenvalue weighted by Gasteiger charge is -2.27. The number of carbonyl (C=O) groups excluding carboxylic acids is 1. The first kappa shape index (κ1) is 24.2. The molecule has 3 aliphatic rings. The predicted molar refractivity (Wildman–Crippen MR) is 134 cm³/mol. The van der Waals surface area contributed by atoms with Crippen molar-refractivity contribution in [3.8, 4) is 0 Å². The Morgan fingerprint density at radius 3 is 2.63 bits per heavy atom. The molecule has 0 radical (unpaired) electrons. The molecule has 2 atom stereocenters. The Kier molecular flexibility index (Phi) is 7.38. The molecule has 5 rings (SSSR count). The molecule has 2 N–H and O–H groups in total. The third kappa shape index (κ3) is 5.38. The van der Waals surface area contributed by atoms with Crippen LogP contribution in [0, 0.1) is 0 Å². The van der Waals surface area contributed by atoms with Crippen LogP contribution in [-0.2, 0) is 30.7 Å². The van der Waals surface area contributed by atoms with Crippen molar-refractivity contribution >= 4 is 27.3 Å². The molecule has 2 saturated heterocycles. The maximum absolute atomic E-state index is 13.5. The summed E-state index contributed by atoms with van der Waals surface area (Å²) in [6, 6.07) is 13.0. The number of morpholine rings is 1. The lowest BCUT2D eigenvalue weighted by Crippen LogP contribution is -2.40. The Hall–Kier alpha value is -2.46. The highest BCUT2D eigenvalue weighted by Gasteiger charge is 2.29. The maximum Gasteiger partial charge on any atom is 0.243 e. The van der Waals surface area contributed by atoms with Crippen LogP contribution in [0.2, 0.25) is 0 Å². The summed E-state index contributed by atoms with van der Waals surface area (Å²) in [6.07, 6.45) is 4.82. The topological polar surface area (TPSA) is 97.0 Å². The minimum Gasteiger partial charge on any atom is -0.381 e. The Labute approximate surface area is 207 Å². The van der Waals surface area contributed by atoms with Crippen LogP contribution in [0.1, 0.15) is 42.7 Å². The van der Waals surface area contributed by atoms with Gasteiger partial charge in [-0.05, 0) is 61.4 Å². The summed E-state index contributed by atoms with van der Waals surface area (Å²) < 4.78 is 39.1. The number of anilines is 2. The predicted octanol–water partition coefficient (Wildman–Crippen LogP) is 3.36. The molecule has 0 aromatic heterocycles. The summed E-state index contributed by atoms with van der Waals surface area (Å²) in [7, 11) is -3.69. The molecule has 0 spiro atoms. The number of nitrogens with zero attached hydrogens (tertiary/aromatic N) is 1. The van der Waals surface area contributed by atoms with Gasteiger partial charge < -0.3 is 20.1 Å². The van der Waals surface area contributed by atoms with Gasteiger partial charge in [0.05, 0.1) is 41.5 Å². The molecule has 2 fully saturated rings. The van der Waals surface area contributed by atoms with Crippen molar-refractivity contribution in [3.05, 3.63) is 53.6 Å². The average molecular weight is 500 g/mol. The first-order valence-electron chi connectivity index (χ1n) is 12.5. The van der Waals surface area contributed by atoms with E-state index in [-0.39, 0.29) is 22.8 Å². The van der Waals surface area contributed by atoms with E-state index in [0.717, 1.165) is 44.3 Å². The molecular formula is C26H33N3O5S. The van der Waals surface area contributed by atoms with Crippen molar-refractivity contribution < 1.29 is 22.7 Å². The van der Waals surface area contributed by atoms with Crippen molar-refractivity contribution in [3.63, 3.8) is 0 Å². The maximum atomic E-state index is 13.5. The highest BCUT2D eigenvalue weighted by atomic mass is 32.2. The zero-order valence-electron chi connectivity index (χ0n) is 19.9. The van der Waals surface area contributed by atoms with Crippen molar-refractivity contribution in [2.45, 2.75) is 49.0 Å². The van der Waals surface area contributed by atoms with Crippen LogP contribution >= 0.6 is 0 Å². The van der Waals surface area contributed by atoms with Crippen LogP contribution < -0.4 is 10.6 Å². The molecule has 9 heteroatoms. The summed E-state index contributed by atoms with van der Waals surface area (Å²) >= 11 is 0. The fourth-order valence-corrected chi connectivity index (χ4v) is 6.59. The minimum atomic E-state index is -3.69. The van der Waals surface area contributed by atoms with Gasteiger partial charge in [0.15, 0.2) is 0 Å². The van der Waals surface area contributed by atoms with Gasteiger partial charge in [-0.15, -0.1) is 0 Å². The van der Waals surface area contributed by atoms with E-state index < -0.39 is 10.0 Å². The summed E-state index contributed by atoms with van der Waals surface area (Å²) in [6.45, 7) is 2.76. The van der Waals surface area contributed by atoms with Gasteiger partial charge in [0, 0.05) is 26.2 Å². The zero-order chi connectivity index (χ0) is 24.3. The number of amides is 1. The number of sulfonamides is 1. The van der Waals surface area contributed by atoms with E-state index in [1.54, 1.807) is 18.2 Å². The number of nitrogens with one attached hydrogen (secondary N) is 2. The molecule has 0 bridgehead atoms. The number of fused-ring (bicyclic) bond motifs is 1. The molecule has 2 aliphatic heterocycles. The molecule has 2 unspecified atom stereocenters. The van der Waals surface area contributed by atoms with E-state index >= 15 is 0 Å². The van der Waals surface area contributed by atoms with Crippen molar-refractivity contribution in [1.82, 2.24) is 4.31 Å². The Bertz CT molecular complexity index is 1160. The van der Waals surface area contributed by atoms with Crippen LogP contribution in [0.25, 0.3) is 0 Å².